The summed E-state index contributed by atoms with van der Waals surface area (Å²) in [4.78, 5) is 13.2. The molecule has 27 heavy (non-hydrogen) atoms. The normalized spacial score (nSPS) is 11.8. The molecule has 0 amide bonds. The lowest BCUT2D eigenvalue weighted by Crippen LogP contribution is -2.06. The minimum Gasteiger partial charge on any atom is -0.507 e. The van der Waals surface area contributed by atoms with Crippen LogP contribution in [-0.2, 0) is 0 Å². The Balaban J connectivity index is 2.41. The van der Waals surface area contributed by atoms with Gasteiger partial charge in [-0.1, -0.05) is 85.5 Å². The van der Waals surface area contributed by atoms with E-state index in [0.29, 0.717) is 27.5 Å². The molecule has 0 saturated heterocycles. The summed E-state index contributed by atoms with van der Waals surface area (Å²) in [5, 5.41) is 22.9. The molecule has 0 unspecified atom stereocenters. The number of hydrogen-bond donors (Lipinski definition) is 2. The lowest BCUT2D eigenvalue weighted by Gasteiger charge is -2.17. The Kier molecular flexibility index (Phi) is 5.23. The molecule has 0 heterocycles. The van der Waals surface area contributed by atoms with E-state index in [2.05, 4.69) is 6.58 Å². The zero-order valence-electron chi connectivity index (χ0n) is 15.0. The maximum absolute atomic E-state index is 13.2. The highest BCUT2D eigenvalue weighted by Crippen LogP contribution is 2.43. The summed E-state index contributed by atoms with van der Waals surface area (Å²) < 4.78 is 0. The summed E-state index contributed by atoms with van der Waals surface area (Å²) in [5.41, 5.74) is 1.44. The second-order valence-electron chi connectivity index (χ2n) is 6.03. The smallest absolute Gasteiger partial charge is 0.197 e. The van der Waals surface area contributed by atoms with Crippen LogP contribution in [0.15, 0.2) is 85.5 Å². The summed E-state index contributed by atoms with van der Waals surface area (Å²) in [6.07, 6.45) is 6.86. The minimum absolute atomic E-state index is 0.0375. The van der Waals surface area contributed by atoms with Gasteiger partial charge < -0.3 is 10.2 Å². The van der Waals surface area contributed by atoms with Crippen molar-refractivity contribution in [2.45, 2.75) is 6.92 Å². The van der Waals surface area contributed by atoms with Gasteiger partial charge >= 0.3 is 0 Å². The SMILES string of the molecule is C=C/C=C\C(=C/C)c1c(C(=O)c2ccccc2)c(O)c2ccccc2c1O. The average Bonchev–Trinajstić information content (AvgIpc) is 2.72. The fourth-order valence-corrected chi connectivity index (χ4v) is 3.13. The molecule has 134 valence electrons. The average molecular weight is 356 g/mol. The van der Waals surface area contributed by atoms with Gasteiger partial charge in [-0.05, 0) is 12.5 Å². The van der Waals surface area contributed by atoms with Crippen LogP contribution >= 0.6 is 0 Å². The molecule has 0 aliphatic carbocycles. The highest BCUT2D eigenvalue weighted by Gasteiger charge is 2.25. The molecule has 3 nitrogen and oxygen atoms in total. The largest absolute Gasteiger partial charge is 0.507 e. The van der Waals surface area contributed by atoms with E-state index in [0.717, 1.165) is 0 Å². The van der Waals surface area contributed by atoms with Gasteiger partial charge in [0.1, 0.15) is 11.5 Å². The molecule has 0 bridgehead atoms. The molecule has 3 rings (SSSR count). The van der Waals surface area contributed by atoms with Crippen LogP contribution in [0.3, 0.4) is 0 Å². The van der Waals surface area contributed by atoms with Crippen LogP contribution in [0.2, 0.25) is 0 Å². The quantitative estimate of drug-likeness (QED) is 0.354. The van der Waals surface area contributed by atoms with Crippen molar-refractivity contribution in [3.8, 4) is 11.5 Å². The van der Waals surface area contributed by atoms with Crippen molar-refractivity contribution in [1.82, 2.24) is 0 Å². The summed E-state index contributed by atoms with van der Waals surface area (Å²) >= 11 is 0. The van der Waals surface area contributed by atoms with Crippen molar-refractivity contribution in [2.24, 2.45) is 0 Å². The first-order valence-electron chi connectivity index (χ1n) is 8.62. The predicted molar refractivity (Wildman–Crippen MR) is 110 cm³/mol. The standard InChI is InChI=1S/C24H20O3/c1-3-5-11-16(4-2)20-21(22(25)17-12-7-6-8-13-17)24(27)19-15-10-9-14-18(19)23(20)26/h3-15,26-27H,1H2,2H3/b11-5-,16-4+. The van der Waals surface area contributed by atoms with Crippen molar-refractivity contribution < 1.29 is 15.0 Å². The number of phenols is 2. The van der Waals surface area contributed by atoms with Gasteiger partial charge in [0, 0.05) is 21.9 Å². The summed E-state index contributed by atoms with van der Waals surface area (Å²) in [6, 6.07) is 15.7. The molecule has 0 radical (unpaired) electrons. The monoisotopic (exact) mass is 356 g/mol. The van der Waals surface area contributed by atoms with Crippen LogP contribution in [-0.4, -0.2) is 16.0 Å². The number of aromatic hydroxyl groups is 2. The summed E-state index contributed by atoms with van der Waals surface area (Å²) in [7, 11) is 0. The molecular formula is C24H20O3. The second-order valence-corrected chi connectivity index (χ2v) is 6.03. The number of benzene rings is 3. The predicted octanol–water partition coefficient (Wildman–Crippen LogP) is 5.63. The number of carbonyl (C=O) groups is 1. The van der Waals surface area contributed by atoms with Gasteiger partial charge in [0.05, 0.1) is 5.56 Å². The van der Waals surface area contributed by atoms with E-state index in [1.54, 1.807) is 72.8 Å². The van der Waals surface area contributed by atoms with Gasteiger partial charge in [-0.25, -0.2) is 0 Å². The van der Waals surface area contributed by atoms with Crippen LogP contribution in [0.4, 0.5) is 0 Å². The number of rotatable bonds is 5. The van der Waals surface area contributed by atoms with Crippen molar-refractivity contribution in [3.05, 3.63) is 102 Å². The van der Waals surface area contributed by atoms with E-state index in [-0.39, 0.29) is 22.8 Å². The zero-order valence-corrected chi connectivity index (χ0v) is 15.0. The number of phenolic OH excluding ortho intramolecular Hbond substituents is 2. The maximum atomic E-state index is 13.2. The molecule has 3 aromatic carbocycles. The molecule has 0 atom stereocenters. The molecular weight excluding hydrogens is 336 g/mol. The van der Waals surface area contributed by atoms with Crippen molar-refractivity contribution in [2.75, 3.05) is 0 Å². The van der Waals surface area contributed by atoms with E-state index in [4.69, 9.17) is 0 Å². The Labute approximate surface area is 158 Å². The first-order valence-corrected chi connectivity index (χ1v) is 8.62. The molecule has 0 aliphatic heterocycles. The Hall–Kier alpha value is -3.59. The number of allylic oxidation sites excluding steroid dienone is 5. The Bertz CT molecular complexity index is 1070. The third kappa shape index (κ3) is 3.27. The van der Waals surface area contributed by atoms with Crippen LogP contribution in [0.5, 0.6) is 11.5 Å². The minimum atomic E-state index is -0.351. The number of fused-ring (bicyclic) bond motifs is 1. The van der Waals surface area contributed by atoms with Crippen LogP contribution in [0.25, 0.3) is 16.3 Å². The summed E-state index contributed by atoms with van der Waals surface area (Å²) in [6.45, 7) is 5.47. The van der Waals surface area contributed by atoms with Gasteiger partial charge in [-0.2, -0.15) is 0 Å². The first-order chi connectivity index (χ1) is 13.1. The molecule has 0 saturated carbocycles. The fourth-order valence-electron chi connectivity index (χ4n) is 3.13. The van der Waals surface area contributed by atoms with Crippen LogP contribution in [0.1, 0.15) is 28.4 Å². The van der Waals surface area contributed by atoms with E-state index < -0.39 is 0 Å². The second kappa shape index (κ2) is 7.75. The molecule has 3 heteroatoms. The number of hydrogen-bond acceptors (Lipinski definition) is 3. The number of carbonyl (C=O) groups excluding carboxylic acids is 1. The van der Waals surface area contributed by atoms with Crippen molar-refractivity contribution >= 4 is 22.1 Å². The van der Waals surface area contributed by atoms with Gasteiger partial charge in [-0.15, -0.1) is 0 Å². The Morgan fingerprint density at radius 1 is 0.889 bits per heavy atom. The fraction of sp³-hybridized carbons (Fsp3) is 0.0417. The van der Waals surface area contributed by atoms with E-state index in [1.807, 2.05) is 13.0 Å². The maximum Gasteiger partial charge on any atom is 0.197 e. The van der Waals surface area contributed by atoms with Crippen LogP contribution in [0, 0.1) is 0 Å². The molecule has 0 spiro atoms. The first kappa shape index (κ1) is 18.2. The zero-order chi connectivity index (χ0) is 19.4. The van der Waals surface area contributed by atoms with Crippen molar-refractivity contribution in [1.29, 1.82) is 0 Å². The molecule has 2 N–H and O–H groups in total. The Morgan fingerprint density at radius 3 is 2.00 bits per heavy atom. The molecule has 0 aromatic heterocycles. The highest BCUT2D eigenvalue weighted by atomic mass is 16.3. The van der Waals surface area contributed by atoms with Gasteiger partial charge in [0.25, 0.3) is 0 Å². The molecule has 0 aliphatic rings. The van der Waals surface area contributed by atoms with Gasteiger partial charge in [0.15, 0.2) is 5.78 Å². The van der Waals surface area contributed by atoms with E-state index in [9.17, 15) is 15.0 Å². The topological polar surface area (TPSA) is 57.5 Å². The molecule has 3 aromatic rings. The van der Waals surface area contributed by atoms with Crippen molar-refractivity contribution in [3.63, 3.8) is 0 Å². The van der Waals surface area contributed by atoms with E-state index >= 15 is 0 Å². The lowest BCUT2D eigenvalue weighted by atomic mass is 9.88. The van der Waals surface area contributed by atoms with Crippen LogP contribution < -0.4 is 0 Å². The highest BCUT2D eigenvalue weighted by molar-refractivity contribution is 6.18. The lowest BCUT2D eigenvalue weighted by molar-refractivity contribution is 0.103. The van der Waals surface area contributed by atoms with E-state index in [1.165, 1.54) is 0 Å². The van der Waals surface area contributed by atoms with Gasteiger partial charge in [-0.3, -0.25) is 4.79 Å². The van der Waals surface area contributed by atoms with Gasteiger partial charge in [0.2, 0.25) is 0 Å². The molecule has 0 fully saturated rings. The third-order valence-electron chi connectivity index (χ3n) is 4.44. The third-order valence-corrected chi connectivity index (χ3v) is 4.44. The Morgan fingerprint density at radius 2 is 1.44 bits per heavy atom. The summed E-state index contributed by atoms with van der Waals surface area (Å²) in [5.74, 6) is -0.529. The number of ketones is 1.